The summed E-state index contributed by atoms with van der Waals surface area (Å²) in [5, 5.41) is 0. The fraction of sp³-hybridized carbons (Fsp3) is 0.208. The minimum atomic E-state index is -0.556. The van der Waals surface area contributed by atoms with Crippen molar-refractivity contribution in [1.29, 1.82) is 0 Å². The van der Waals surface area contributed by atoms with Crippen LogP contribution in [0.25, 0.3) is 0 Å². The number of aryl methyl sites for hydroxylation is 1. The van der Waals surface area contributed by atoms with Crippen LogP contribution in [0.5, 0.6) is 5.75 Å². The Morgan fingerprint density at radius 1 is 0.852 bits per heavy atom. The lowest BCUT2D eigenvalue weighted by atomic mass is 10.1. The third-order valence-electron chi connectivity index (χ3n) is 4.39. The van der Waals surface area contributed by atoms with Gasteiger partial charge in [0.1, 0.15) is 5.75 Å². The van der Waals surface area contributed by atoms with Crippen molar-refractivity contribution in [3.05, 3.63) is 102 Å². The third kappa shape index (κ3) is 5.45. The summed E-state index contributed by atoms with van der Waals surface area (Å²) in [7, 11) is 0. The summed E-state index contributed by atoms with van der Waals surface area (Å²) in [6.45, 7) is 4.93. The van der Waals surface area contributed by atoms with Crippen LogP contribution in [0, 0.1) is 6.92 Å². The van der Waals surface area contributed by atoms with E-state index in [9.17, 15) is 4.79 Å². The molecule has 3 rings (SSSR count). The Morgan fingerprint density at radius 3 is 1.93 bits per heavy atom. The summed E-state index contributed by atoms with van der Waals surface area (Å²) in [6, 6.07) is 27.9. The Kier molecular flexibility index (Phi) is 6.26. The van der Waals surface area contributed by atoms with Gasteiger partial charge in [0.05, 0.1) is 0 Å². The molecule has 0 bridgehead atoms. The van der Waals surface area contributed by atoms with E-state index >= 15 is 0 Å². The molecule has 0 unspecified atom stereocenters. The van der Waals surface area contributed by atoms with E-state index in [1.807, 2.05) is 104 Å². The maximum Gasteiger partial charge on any atom is 0.263 e. The van der Waals surface area contributed by atoms with Crippen molar-refractivity contribution in [2.24, 2.45) is 0 Å². The number of hydrogen-bond acceptors (Lipinski definition) is 2. The van der Waals surface area contributed by atoms with Crippen molar-refractivity contribution in [2.75, 3.05) is 0 Å². The van der Waals surface area contributed by atoms with Crippen LogP contribution >= 0.6 is 0 Å². The van der Waals surface area contributed by atoms with Crippen LogP contribution in [0.15, 0.2) is 84.9 Å². The zero-order valence-electron chi connectivity index (χ0n) is 15.8. The van der Waals surface area contributed by atoms with Gasteiger partial charge >= 0.3 is 0 Å². The lowest BCUT2D eigenvalue weighted by molar-refractivity contribution is -0.139. The average Bonchev–Trinajstić information content (AvgIpc) is 2.68. The van der Waals surface area contributed by atoms with Crippen LogP contribution in [-0.2, 0) is 17.9 Å². The number of rotatable bonds is 7. The van der Waals surface area contributed by atoms with E-state index in [0.29, 0.717) is 13.1 Å². The Morgan fingerprint density at radius 2 is 1.41 bits per heavy atom. The van der Waals surface area contributed by atoms with Crippen molar-refractivity contribution >= 4 is 5.91 Å². The summed E-state index contributed by atoms with van der Waals surface area (Å²) in [5.74, 6) is 0.694. The molecule has 3 heteroatoms. The van der Waals surface area contributed by atoms with E-state index in [1.165, 1.54) is 0 Å². The molecule has 0 aliphatic heterocycles. The first-order chi connectivity index (χ1) is 13.1. The molecule has 0 fully saturated rings. The van der Waals surface area contributed by atoms with Gasteiger partial charge in [-0.3, -0.25) is 4.79 Å². The number of carbonyl (C=O) groups excluding carboxylic acids is 1. The molecule has 0 aliphatic rings. The quantitative estimate of drug-likeness (QED) is 0.595. The lowest BCUT2D eigenvalue weighted by Crippen LogP contribution is -2.39. The van der Waals surface area contributed by atoms with Gasteiger partial charge in [0.2, 0.25) is 0 Å². The van der Waals surface area contributed by atoms with Crippen LogP contribution in [0.2, 0.25) is 0 Å². The number of benzene rings is 3. The second kappa shape index (κ2) is 9.04. The predicted octanol–water partition coefficient (Wildman–Crippen LogP) is 4.99. The highest BCUT2D eigenvalue weighted by atomic mass is 16.5. The second-order valence-corrected chi connectivity index (χ2v) is 6.74. The monoisotopic (exact) mass is 359 g/mol. The maximum absolute atomic E-state index is 13.1. The van der Waals surface area contributed by atoms with Crippen LogP contribution in [0.3, 0.4) is 0 Å². The fourth-order valence-electron chi connectivity index (χ4n) is 3.02. The molecule has 27 heavy (non-hydrogen) atoms. The topological polar surface area (TPSA) is 29.5 Å². The van der Waals surface area contributed by atoms with Gasteiger partial charge in [-0.25, -0.2) is 0 Å². The van der Waals surface area contributed by atoms with Crippen molar-refractivity contribution in [3.8, 4) is 5.75 Å². The van der Waals surface area contributed by atoms with Crippen molar-refractivity contribution in [3.63, 3.8) is 0 Å². The number of amides is 1. The summed E-state index contributed by atoms with van der Waals surface area (Å²) >= 11 is 0. The molecular formula is C24H25NO2. The van der Waals surface area contributed by atoms with Gasteiger partial charge in [0.25, 0.3) is 5.91 Å². The van der Waals surface area contributed by atoms with Gasteiger partial charge < -0.3 is 9.64 Å². The summed E-state index contributed by atoms with van der Waals surface area (Å²) in [4.78, 5) is 15.0. The molecule has 3 nitrogen and oxygen atoms in total. The van der Waals surface area contributed by atoms with Gasteiger partial charge in [-0.15, -0.1) is 0 Å². The van der Waals surface area contributed by atoms with Crippen molar-refractivity contribution in [1.82, 2.24) is 4.90 Å². The van der Waals surface area contributed by atoms with Crippen LogP contribution < -0.4 is 4.74 Å². The molecule has 1 amide bonds. The molecule has 138 valence electrons. The summed E-state index contributed by atoms with van der Waals surface area (Å²) in [5.41, 5.74) is 3.31. The van der Waals surface area contributed by atoms with E-state index in [-0.39, 0.29) is 5.91 Å². The Hall–Kier alpha value is -3.07. The summed E-state index contributed by atoms with van der Waals surface area (Å²) < 4.78 is 5.92. The molecule has 0 heterocycles. The maximum atomic E-state index is 13.1. The fourth-order valence-corrected chi connectivity index (χ4v) is 3.02. The van der Waals surface area contributed by atoms with Gasteiger partial charge in [-0.2, -0.15) is 0 Å². The molecule has 0 aromatic heterocycles. The highest BCUT2D eigenvalue weighted by molar-refractivity contribution is 5.81. The van der Waals surface area contributed by atoms with E-state index in [4.69, 9.17) is 4.74 Å². The highest BCUT2D eigenvalue weighted by Gasteiger charge is 2.22. The zero-order valence-corrected chi connectivity index (χ0v) is 15.8. The molecule has 0 N–H and O–H groups in total. The average molecular weight is 359 g/mol. The van der Waals surface area contributed by atoms with Crippen LogP contribution in [-0.4, -0.2) is 16.9 Å². The van der Waals surface area contributed by atoms with Gasteiger partial charge in [-0.05, 0) is 42.7 Å². The van der Waals surface area contributed by atoms with Crippen molar-refractivity contribution < 1.29 is 9.53 Å². The Bertz CT molecular complexity index is 820. The molecular weight excluding hydrogens is 334 g/mol. The van der Waals surface area contributed by atoms with Gasteiger partial charge in [-0.1, -0.05) is 72.8 Å². The molecule has 3 aromatic carbocycles. The molecule has 0 saturated heterocycles. The zero-order chi connectivity index (χ0) is 19.1. The molecule has 0 aliphatic carbocycles. The molecule has 0 saturated carbocycles. The molecule has 1 atom stereocenters. The Labute approximate surface area is 161 Å². The lowest BCUT2D eigenvalue weighted by Gasteiger charge is -2.26. The van der Waals surface area contributed by atoms with Crippen molar-refractivity contribution in [2.45, 2.75) is 33.0 Å². The van der Waals surface area contributed by atoms with Gasteiger partial charge in [0, 0.05) is 13.1 Å². The minimum absolute atomic E-state index is 0.0239. The first-order valence-electron chi connectivity index (χ1n) is 9.22. The Balaban J connectivity index is 1.76. The number of hydrogen-bond donors (Lipinski definition) is 0. The predicted molar refractivity (Wildman–Crippen MR) is 108 cm³/mol. The number of nitrogens with zero attached hydrogens (tertiary/aromatic N) is 1. The standard InChI is InChI=1S/C24H25NO2/c1-19-10-9-15-23(16-19)27-20(2)24(26)25(17-21-11-5-3-6-12-21)18-22-13-7-4-8-14-22/h3-16,20H,17-18H2,1-2H3/t20-/m0/s1. The van der Waals surface area contributed by atoms with E-state index in [2.05, 4.69) is 0 Å². The molecule has 3 aromatic rings. The smallest absolute Gasteiger partial charge is 0.263 e. The highest BCUT2D eigenvalue weighted by Crippen LogP contribution is 2.17. The largest absolute Gasteiger partial charge is 0.481 e. The summed E-state index contributed by atoms with van der Waals surface area (Å²) in [6.07, 6.45) is -0.556. The van der Waals surface area contributed by atoms with Crippen LogP contribution in [0.1, 0.15) is 23.6 Å². The third-order valence-corrected chi connectivity index (χ3v) is 4.39. The number of ether oxygens (including phenoxy) is 1. The van der Waals surface area contributed by atoms with Gasteiger partial charge in [0.15, 0.2) is 6.10 Å². The normalized spacial score (nSPS) is 11.6. The van der Waals surface area contributed by atoms with E-state index in [1.54, 1.807) is 0 Å². The second-order valence-electron chi connectivity index (χ2n) is 6.74. The first-order valence-corrected chi connectivity index (χ1v) is 9.22. The SMILES string of the molecule is Cc1cccc(O[C@@H](C)C(=O)N(Cc2ccccc2)Cc2ccccc2)c1. The van der Waals surface area contributed by atoms with Crippen LogP contribution in [0.4, 0.5) is 0 Å². The molecule has 0 radical (unpaired) electrons. The van der Waals surface area contributed by atoms with E-state index in [0.717, 1.165) is 22.4 Å². The van der Waals surface area contributed by atoms with E-state index < -0.39 is 6.10 Å². The molecule has 0 spiro atoms. The minimum Gasteiger partial charge on any atom is -0.481 e. The first kappa shape index (κ1) is 18.7. The number of carbonyl (C=O) groups is 1.